The van der Waals surface area contributed by atoms with Crippen LogP contribution in [0.3, 0.4) is 0 Å². The summed E-state index contributed by atoms with van der Waals surface area (Å²) < 4.78 is 65.5. The first-order valence-electron chi connectivity index (χ1n) is 6.49. The third kappa shape index (κ3) is 4.04. The highest BCUT2D eigenvalue weighted by Gasteiger charge is 2.26. The van der Waals surface area contributed by atoms with Crippen molar-refractivity contribution in [2.24, 2.45) is 0 Å². The summed E-state index contributed by atoms with van der Waals surface area (Å²) in [7, 11) is 0. The Bertz CT molecular complexity index is 465. The zero-order chi connectivity index (χ0) is 16.2. The van der Waals surface area contributed by atoms with Crippen LogP contribution < -0.4 is 5.32 Å². The largest absolute Gasteiger partial charge is 0.390 e. The molecule has 0 bridgehead atoms. The van der Waals surface area contributed by atoms with Gasteiger partial charge in [0.1, 0.15) is 5.69 Å². The zero-order valence-electron chi connectivity index (χ0n) is 11.7. The second-order valence-electron chi connectivity index (χ2n) is 4.47. The quantitative estimate of drug-likeness (QED) is 0.461. The summed E-state index contributed by atoms with van der Waals surface area (Å²) in [5, 5.41) is 11.8. The summed E-state index contributed by atoms with van der Waals surface area (Å²) in [6.45, 7) is 4.94. The minimum atomic E-state index is -2.21. The van der Waals surface area contributed by atoms with Crippen LogP contribution in [0.5, 0.6) is 0 Å². The summed E-state index contributed by atoms with van der Waals surface area (Å²) in [6, 6.07) is 0. The number of nitrogens with zero attached hydrogens (tertiary/aromatic N) is 1. The molecule has 2 N–H and O–H groups in total. The van der Waals surface area contributed by atoms with Gasteiger partial charge in [0.05, 0.1) is 6.10 Å². The van der Waals surface area contributed by atoms with E-state index in [2.05, 4.69) is 5.32 Å². The van der Waals surface area contributed by atoms with Crippen LogP contribution in [0, 0.1) is 29.1 Å². The number of hydrogen-bond donors (Lipinski definition) is 2. The van der Waals surface area contributed by atoms with Gasteiger partial charge < -0.3 is 15.3 Å². The van der Waals surface area contributed by atoms with E-state index < -0.39 is 40.9 Å². The Morgan fingerprint density at radius 1 is 0.905 bits per heavy atom. The van der Waals surface area contributed by atoms with E-state index in [0.29, 0.717) is 13.1 Å². The predicted octanol–water partition coefficient (Wildman–Crippen LogP) is 2.50. The maximum atomic E-state index is 13.4. The van der Waals surface area contributed by atoms with Crippen molar-refractivity contribution in [2.75, 3.05) is 31.5 Å². The summed E-state index contributed by atoms with van der Waals surface area (Å²) in [5.41, 5.74) is -1.13. The van der Waals surface area contributed by atoms with Crippen LogP contribution in [-0.2, 0) is 0 Å². The van der Waals surface area contributed by atoms with Crippen molar-refractivity contribution in [3.63, 3.8) is 0 Å². The SMILES string of the molecule is CCN(CC)CC(O)CNc1c(F)c(F)c(F)c(F)c1F. The van der Waals surface area contributed by atoms with Crippen LogP contribution in [0.2, 0.25) is 0 Å². The van der Waals surface area contributed by atoms with Gasteiger partial charge in [-0.05, 0) is 13.1 Å². The fourth-order valence-electron chi connectivity index (χ4n) is 1.82. The van der Waals surface area contributed by atoms with Crippen molar-refractivity contribution in [1.29, 1.82) is 0 Å². The molecule has 0 aliphatic rings. The zero-order valence-corrected chi connectivity index (χ0v) is 11.7. The molecule has 1 unspecified atom stereocenters. The van der Waals surface area contributed by atoms with E-state index in [-0.39, 0.29) is 13.1 Å². The molecule has 1 atom stereocenters. The number of aliphatic hydroxyl groups is 1. The molecule has 1 aromatic carbocycles. The van der Waals surface area contributed by atoms with Crippen LogP contribution in [-0.4, -0.2) is 42.3 Å². The molecular weight excluding hydrogens is 295 g/mol. The summed E-state index contributed by atoms with van der Waals surface area (Å²) in [5.74, 6) is -10.1. The van der Waals surface area contributed by atoms with Crippen molar-refractivity contribution < 1.29 is 27.1 Å². The summed E-state index contributed by atoms with van der Waals surface area (Å²) in [6.07, 6.45) is -1.01. The Morgan fingerprint density at radius 3 is 1.76 bits per heavy atom. The number of nitrogens with one attached hydrogen (secondary N) is 1. The van der Waals surface area contributed by atoms with Crippen molar-refractivity contribution in [3.8, 4) is 0 Å². The predicted molar refractivity (Wildman–Crippen MR) is 68.5 cm³/mol. The van der Waals surface area contributed by atoms with Gasteiger partial charge in [-0.2, -0.15) is 0 Å². The number of halogens is 5. The standard InChI is InChI=1S/C13H17F5N2O/c1-3-20(4-2)6-7(21)5-19-13-11(17)9(15)8(14)10(16)12(13)18/h7,19,21H,3-6H2,1-2H3. The van der Waals surface area contributed by atoms with E-state index in [1.54, 1.807) is 0 Å². The maximum absolute atomic E-state index is 13.4. The molecule has 0 fully saturated rings. The van der Waals surface area contributed by atoms with Crippen LogP contribution in [0.15, 0.2) is 0 Å². The average molecular weight is 312 g/mol. The third-order valence-electron chi connectivity index (χ3n) is 3.09. The lowest BCUT2D eigenvalue weighted by molar-refractivity contribution is 0.128. The van der Waals surface area contributed by atoms with Gasteiger partial charge in [-0.15, -0.1) is 0 Å². The molecule has 120 valence electrons. The molecule has 0 radical (unpaired) electrons. The normalized spacial score (nSPS) is 12.8. The number of hydrogen-bond acceptors (Lipinski definition) is 3. The molecular formula is C13H17F5N2O. The van der Waals surface area contributed by atoms with Crippen molar-refractivity contribution >= 4 is 5.69 Å². The fourth-order valence-corrected chi connectivity index (χ4v) is 1.82. The summed E-state index contributed by atoms with van der Waals surface area (Å²) >= 11 is 0. The molecule has 0 saturated heterocycles. The lowest BCUT2D eigenvalue weighted by Crippen LogP contribution is -2.36. The van der Waals surface area contributed by atoms with Gasteiger partial charge in [-0.3, -0.25) is 0 Å². The van der Waals surface area contributed by atoms with E-state index in [1.807, 2.05) is 18.7 Å². The van der Waals surface area contributed by atoms with Gasteiger partial charge in [0.25, 0.3) is 0 Å². The first-order valence-corrected chi connectivity index (χ1v) is 6.49. The van der Waals surface area contributed by atoms with E-state index in [0.717, 1.165) is 0 Å². The van der Waals surface area contributed by atoms with Crippen molar-refractivity contribution in [2.45, 2.75) is 20.0 Å². The lowest BCUT2D eigenvalue weighted by atomic mass is 10.2. The van der Waals surface area contributed by atoms with Gasteiger partial charge in [0.15, 0.2) is 23.3 Å². The van der Waals surface area contributed by atoms with Gasteiger partial charge in [-0.1, -0.05) is 13.8 Å². The average Bonchev–Trinajstić information content (AvgIpc) is 2.48. The molecule has 21 heavy (non-hydrogen) atoms. The molecule has 0 saturated carbocycles. The Labute approximate surface area is 119 Å². The van der Waals surface area contributed by atoms with E-state index in [1.165, 1.54) is 0 Å². The molecule has 0 amide bonds. The van der Waals surface area contributed by atoms with Crippen LogP contribution in [0.1, 0.15) is 13.8 Å². The molecule has 0 aliphatic carbocycles. The van der Waals surface area contributed by atoms with E-state index >= 15 is 0 Å². The highest BCUT2D eigenvalue weighted by atomic mass is 19.2. The first-order chi connectivity index (χ1) is 9.83. The van der Waals surface area contributed by atoms with Crippen LogP contribution in [0.4, 0.5) is 27.6 Å². The van der Waals surface area contributed by atoms with E-state index in [4.69, 9.17) is 0 Å². The summed E-state index contributed by atoms with van der Waals surface area (Å²) in [4.78, 5) is 1.85. The van der Waals surface area contributed by atoms with Crippen LogP contribution >= 0.6 is 0 Å². The van der Waals surface area contributed by atoms with Gasteiger partial charge in [0, 0.05) is 13.1 Å². The van der Waals surface area contributed by atoms with Gasteiger partial charge >= 0.3 is 0 Å². The Balaban J connectivity index is 2.81. The van der Waals surface area contributed by atoms with Gasteiger partial charge in [0.2, 0.25) is 5.82 Å². The molecule has 1 aromatic rings. The molecule has 0 aromatic heterocycles. The monoisotopic (exact) mass is 312 g/mol. The number of rotatable bonds is 7. The van der Waals surface area contributed by atoms with Gasteiger partial charge in [-0.25, -0.2) is 22.0 Å². The highest BCUT2D eigenvalue weighted by molar-refractivity contribution is 5.47. The Morgan fingerprint density at radius 2 is 1.33 bits per heavy atom. The molecule has 0 spiro atoms. The highest BCUT2D eigenvalue weighted by Crippen LogP contribution is 2.26. The molecule has 0 aliphatic heterocycles. The van der Waals surface area contributed by atoms with Crippen molar-refractivity contribution in [3.05, 3.63) is 29.1 Å². The second kappa shape index (κ2) is 7.56. The molecule has 1 rings (SSSR count). The van der Waals surface area contributed by atoms with Crippen molar-refractivity contribution in [1.82, 2.24) is 4.90 Å². The Hall–Kier alpha value is -1.41. The minimum absolute atomic E-state index is 0.218. The maximum Gasteiger partial charge on any atom is 0.200 e. The fraction of sp³-hybridized carbons (Fsp3) is 0.538. The van der Waals surface area contributed by atoms with Crippen LogP contribution in [0.25, 0.3) is 0 Å². The lowest BCUT2D eigenvalue weighted by Gasteiger charge is -2.22. The number of benzene rings is 1. The minimum Gasteiger partial charge on any atom is -0.390 e. The van der Waals surface area contributed by atoms with E-state index in [9.17, 15) is 27.1 Å². The topological polar surface area (TPSA) is 35.5 Å². The second-order valence-corrected chi connectivity index (χ2v) is 4.47. The molecule has 8 heteroatoms. The first kappa shape index (κ1) is 17.6. The molecule has 3 nitrogen and oxygen atoms in total. The number of anilines is 1. The number of aliphatic hydroxyl groups excluding tert-OH is 1. The number of likely N-dealkylation sites (N-methyl/N-ethyl adjacent to an activating group) is 1. The smallest absolute Gasteiger partial charge is 0.200 e. The molecule has 0 heterocycles. The third-order valence-corrected chi connectivity index (χ3v) is 3.09. The Kier molecular flexibility index (Phi) is 6.35.